The number of carboxylic acid groups (broad SMARTS) is 1. The van der Waals surface area contributed by atoms with Gasteiger partial charge in [0.2, 0.25) is 0 Å². The molecule has 100 valence electrons. The highest BCUT2D eigenvalue weighted by Gasteiger charge is 2.17. The standard InChI is InChI=1S/C14H8BrFN2O2/c15-12-11-10(14(19)20)5-2-6-18(11)13(17-12)8-3-1-4-9(16)7-8/h1-7H,(H,19,20). The molecule has 0 aliphatic carbocycles. The summed E-state index contributed by atoms with van der Waals surface area (Å²) in [4.78, 5) is 15.5. The summed E-state index contributed by atoms with van der Waals surface area (Å²) in [5, 5.41) is 9.21. The molecule has 0 aliphatic rings. The van der Waals surface area contributed by atoms with Crippen LogP contribution in [0.3, 0.4) is 0 Å². The number of aromatic nitrogens is 2. The first-order valence-corrected chi connectivity index (χ1v) is 6.53. The Morgan fingerprint density at radius 2 is 2.10 bits per heavy atom. The lowest BCUT2D eigenvalue weighted by atomic mass is 10.2. The summed E-state index contributed by atoms with van der Waals surface area (Å²) < 4.78 is 15.4. The lowest BCUT2D eigenvalue weighted by Crippen LogP contribution is -2.00. The number of fused-ring (bicyclic) bond motifs is 1. The minimum atomic E-state index is -1.04. The van der Waals surface area contributed by atoms with Crippen molar-refractivity contribution in [3.63, 3.8) is 0 Å². The van der Waals surface area contributed by atoms with Gasteiger partial charge in [0.1, 0.15) is 16.2 Å². The van der Waals surface area contributed by atoms with Crippen LogP contribution in [0.1, 0.15) is 10.4 Å². The van der Waals surface area contributed by atoms with Crippen LogP contribution in [0.5, 0.6) is 0 Å². The van der Waals surface area contributed by atoms with Gasteiger partial charge in [0.25, 0.3) is 0 Å². The average molecular weight is 335 g/mol. The summed E-state index contributed by atoms with van der Waals surface area (Å²) in [5.41, 5.74) is 1.15. The van der Waals surface area contributed by atoms with E-state index in [1.54, 1.807) is 28.8 Å². The van der Waals surface area contributed by atoms with Gasteiger partial charge in [0.15, 0.2) is 0 Å². The van der Waals surface area contributed by atoms with Crippen molar-refractivity contribution in [2.75, 3.05) is 0 Å². The molecule has 0 amide bonds. The second kappa shape index (κ2) is 4.72. The maximum Gasteiger partial charge on any atom is 0.337 e. The first kappa shape index (κ1) is 12.8. The zero-order chi connectivity index (χ0) is 14.3. The molecule has 0 saturated carbocycles. The van der Waals surface area contributed by atoms with E-state index in [9.17, 15) is 14.3 Å². The Morgan fingerprint density at radius 1 is 1.30 bits per heavy atom. The Kier molecular flexibility index (Phi) is 3.02. The summed E-state index contributed by atoms with van der Waals surface area (Å²) in [6.07, 6.45) is 1.69. The third-order valence-corrected chi connectivity index (χ3v) is 3.49. The van der Waals surface area contributed by atoms with Crippen LogP contribution < -0.4 is 0 Å². The number of nitrogens with zero attached hydrogens (tertiary/aromatic N) is 2. The van der Waals surface area contributed by atoms with Gasteiger partial charge in [-0.05, 0) is 40.2 Å². The van der Waals surface area contributed by atoms with E-state index in [0.717, 1.165) is 0 Å². The molecule has 0 radical (unpaired) electrons. The van der Waals surface area contributed by atoms with Crippen LogP contribution in [0.25, 0.3) is 16.9 Å². The van der Waals surface area contributed by atoms with Crippen LogP contribution in [-0.2, 0) is 0 Å². The molecule has 0 unspecified atom stereocenters. The molecule has 20 heavy (non-hydrogen) atoms. The molecule has 1 N–H and O–H groups in total. The molecule has 3 rings (SSSR count). The average Bonchev–Trinajstić information content (AvgIpc) is 2.76. The molecule has 6 heteroatoms. The van der Waals surface area contributed by atoms with Gasteiger partial charge in [0, 0.05) is 11.8 Å². The van der Waals surface area contributed by atoms with Gasteiger partial charge < -0.3 is 5.11 Å². The fraction of sp³-hybridized carbons (Fsp3) is 0. The molecule has 0 aliphatic heterocycles. The minimum absolute atomic E-state index is 0.134. The van der Waals surface area contributed by atoms with Gasteiger partial charge in [-0.3, -0.25) is 4.40 Å². The number of carbonyl (C=O) groups is 1. The van der Waals surface area contributed by atoms with Crippen molar-refractivity contribution >= 4 is 27.4 Å². The third-order valence-electron chi connectivity index (χ3n) is 2.93. The van der Waals surface area contributed by atoms with Crippen LogP contribution in [0.2, 0.25) is 0 Å². The van der Waals surface area contributed by atoms with Crippen molar-refractivity contribution in [1.82, 2.24) is 9.38 Å². The summed E-state index contributed by atoms with van der Waals surface area (Å²) in [7, 11) is 0. The van der Waals surface area contributed by atoms with E-state index >= 15 is 0 Å². The molecule has 2 aromatic heterocycles. The number of pyridine rings is 1. The topological polar surface area (TPSA) is 54.6 Å². The SMILES string of the molecule is O=C(O)c1cccn2c(-c3cccc(F)c3)nc(Br)c12. The van der Waals surface area contributed by atoms with E-state index in [-0.39, 0.29) is 11.4 Å². The Hall–Kier alpha value is -2.21. The minimum Gasteiger partial charge on any atom is -0.478 e. The maximum absolute atomic E-state index is 13.3. The molecule has 2 heterocycles. The molecule has 4 nitrogen and oxygen atoms in total. The molecule has 0 atom stereocenters. The molecule has 0 saturated heterocycles. The van der Waals surface area contributed by atoms with Crippen LogP contribution in [-0.4, -0.2) is 20.5 Å². The molecule has 3 aromatic rings. The highest BCUT2D eigenvalue weighted by atomic mass is 79.9. The third kappa shape index (κ3) is 1.98. The Balaban J connectivity index is 2.34. The number of hydrogen-bond acceptors (Lipinski definition) is 2. The quantitative estimate of drug-likeness (QED) is 0.779. The van der Waals surface area contributed by atoms with E-state index in [4.69, 9.17) is 0 Å². The molecule has 1 aromatic carbocycles. The van der Waals surface area contributed by atoms with E-state index in [0.29, 0.717) is 21.5 Å². The first-order valence-electron chi connectivity index (χ1n) is 5.74. The van der Waals surface area contributed by atoms with E-state index in [2.05, 4.69) is 20.9 Å². The Morgan fingerprint density at radius 3 is 2.80 bits per heavy atom. The Bertz CT molecular complexity index is 829. The summed E-state index contributed by atoms with van der Waals surface area (Å²) in [6, 6.07) is 9.12. The zero-order valence-electron chi connectivity index (χ0n) is 10.0. The van der Waals surface area contributed by atoms with Crippen molar-refractivity contribution in [2.45, 2.75) is 0 Å². The second-order valence-electron chi connectivity index (χ2n) is 4.18. The van der Waals surface area contributed by atoms with E-state index in [1.807, 2.05) is 0 Å². The second-order valence-corrected chi connectivity index (χ2v) is 4.93. The van der Waals surface area contributed by atoms with Crippen LogP contribution in [0.4, 0.5) is 4.39 Å². The molecular formula is C14H8BrFN2O2. The largest absolute Gasteiger partial charge is 0.478 e. The molecular weight excluding hydrogens is 327 g/mol. The number of benzene rings is 1. The van der Waals surface area contributed by atoms with Gasteiger partial charge in [-0.15, -0.1) is 0 Å². The van der Waals surface area contributed by atoms with Crippen LogP contribution >= 0.6 is 15.9 Å². The van der Waals surface area contributed by atoms with E-state index < -0.39 is 5.97 Å². The molecule has 0 fully saturated rings. The highest BCUT2D eigenvalue weighted by molar-refractivity contribution is 9.10. The molecule has 0 bridgehead atoms. The van der Waals surface area contributed by atoms with Gasteiger partial charge in [-0.1, -0.05) is 12.1 Å². The van der Waals surface area contributed by atoms with Crippen LogP contribution in [0, 0.1) is 5.82 Å². The number of aromatic carboxylic acids is 1. The predicted octanol–water partition coefficient (Wildman–Crippen LogP) is 3.60. The molecule has 0 spiro atoms. The maximum atomic E-state index is 13.3. The van der Waals surface area contributed by atoms with Crippen molar-refractivity contribution in [2.24, 2.45) is 0 Å². The summed E-state index contributed by atoms with van der Waals surface area (Å²) >= 11 is 3.26. The number of halogens is 2. The summed E-state index contributed by atoms with van der Waals surface area (Å²) in [5.74, 6) is -0.929. The number of hydrogen-bond donors (Lipinski definition) is 1. The van der Waals surface area contributed by atoms with Gasteiger partial charge >= 0.3 is 5.97 Å². The van der Waals surface area contributed by atoms with Crippen molar-refractivity contribution in [3.05, 3.63) is 58.6 Å². The number of imidazole rings is 1. The predicted molar refractivity (Wildman–Crippen MR) is 75.2 cm³/mol. The van der Waals surface area contributed by atoms with Gasteiger partial charge in [0.05, 0.1) is 11.1 Å². The van der Waals surface area contributed by atoms with Crippen LogP contribution in [0.15, 0.2) is 47.2 Å². The van der Waals surface area contributed by atoms with Gasteiger partial charge in [-0.25, -0.2) is 14.2 Å². The zero-order valence-corrected chi connectivity index (χ0v) is 11.6. The normalized spacial score (nSPS) is 10.9. The van der Waals surface area contributed by atoms with Crippen molar-refractivity contribution in [1.29, 1.82) is 0 Å². The highest BCUT2D eigenvalue weighted by Crippen LogP contribution is 2.28. The first-order chi connectivity index (χ1) is 9.58. The van der Waals surface area contributed by atoms with Gasteiger partial charge in [-0.2, -0.15) is 0 Å². The Labute approximate surface area is 121 Å². The lowest BCUT2D eigenvalue weighted by molar-refractivity contribution is 0.0698. The fourth-order valence-corrected chi connectivity index (χ4v) is 2.67. The number of carboxylic acids is 1. The number of rotatable bonds is 2. The van der Waals surface area contributed by atoms with E-state index in [1.165, 1.54) is 18.2 Å². The van der Waals surface area contributed by atoms with Crippen molar-refractivity contribution < 1.29 is 14.3 Å². The fourth-order valence-electron chi connectivity index (χ4n) is 2.10. The monoisotopic (exact) mass is 334 g/mol. The van der Waals surface area contributed by atoms with Crippen molar-refractivity contribution in [3.8, 4) is 11.4 Å². The smallest absolute Gasteiger partial charge is 0.337 e. The lowest BCUT2D eigenvalue weighted by Gasteiger charge is -2.03. The summed E-state index contributed by atoms with van der Waals surface area (Å²) in [6.45, 7) is 0.